The van der Waals surface area contributed by atoms with Gasteiger partial charge in [0.15, 0.2) is 5.52 Å². The molecule has 0 saturated carbocycles. The molecule has 1 aliphatic rings. The van der Waals surface area contributed by atoms with E-state index in [9.17, 15) is 28.1 Å². The first-order valence-electron chi connectivity index (χ1n) is 9.73. The van der Waals surface area contributed by atoms with Crippen LogP contribution in [0.1, 0.15) is 17.0 Å². The summed E-state index contributed by atoms with van der Waals surface area (Å²) in [6.07, 6.45) is -4.66. The quantitative estimate of drug-likeness (QED) is 0.439. The zero-order valence-electron chi connectivity index (χ0n) is 17.2. The molecule has 0 unspecified atom stereocenters. The van der Waals surface area contributed by atoms with Gasteiger partial charge in [-0.2, -0.15) is 18.3 Å². The third kappa shape index (κ3) is 3.90. The molecule has 32 heavy (non-hydrogen) atoms. The number of anilines is 1. The first-order valence-corrected chi connectivity index (χ1v) is 9.73. The molecule has 0 amide bonds. The van der Waals surface area contributed by atoms with Gasteiger partial charge in [-0.25, -0.2) is 4.68 Å². The Morgan fingerprint density at radius 1 is 1.19 bits per heavy atom. The Morgan fingerprint density at radius 3 is 2.50 bits per heavy atom. The second-order valence-electron chi connectivity index (χ2n) is 7.56. The SMILES string of the molecule is Cc1nn(CN2CCN(c3ccc(C(F)(F)F)cc3[N+](=O)[O-])CC2)c(=O)c2noc(C)c12. The van der Waals surface area contributed by atoms with Gasteiger partial charge in [0, 0.05) is 32.2 Å². The Bertz CT molecular complexity index is 1240. The number of alkyl halides is 3. The average molecular weight is 452 g/mol. The molecule has 10 nitrogen and oxygen atoms in total. The lowest BCUT2D eigenvalue weighted by Gasteiger charge is -2.35. The van der Waals surface area contributed by atoms with E-state index in [1.54, 1.807) is 18.7 Å². The van der Waals surface area contributed by atoms with Gasteiger partial charge < -0.3 is 9.42 Å². The molecule has 0 N–H and O–H groups in total. The van der Waals surface area contributed by atoms with Crippen LogP contribution in [-0.2, 0) is 12.8 Å². The topological polar surface area (TPSA) is 111 Å². The molecule has 1 saturated heterocycles. The summed E-state index contributed by atoms with van der Waals surface area (Å²) in [7, 11) is 0. The van der Waals surface area contributed by atoms with Gasteiger partial charge in [-0.1, -0.05) is 5.16 Å². The summed E-state index contributed by atoms with van der Waals surface area (Å²) in [4.78, 5) is 26.8. The highest BCUT2D eigenvalue weighted by Crippen LogP contribution is 2.36. The highest BCUT2D eigenvalue weighted by Gasteiger charge is 2.34. The molecule has 4 rings (SSSR count). The van der Waals surface area contributed by atoms with Gasteiger partial charge in [0.25, 0.3) is 11.2 Å². The lowest BCUT2D eigenvalue weighted by atomic mass is 10.1. The lowest BCUT2D eigenvalue weighted by Crippen LogP contribution is -2.48. The summed E-state index contributed by atoms with van der Waals surface area (Å²) >= 11 is 0. The van der Waals surface area contributed by atoms with Crippen LogP contribution in [0.3, 0.4) is 0 Å². The third-order valence-corrected chi connectivity index (χ3v) is 5.48. The summed E-state index contributed by atoms with van der Waals surface area (Å²) in [6.45, 7) is 5.18. The number of aromatic nitrogens is 3. The highest BCUT2D eigenvalue weighted by atomic mass is 19.4. The molecule has 3 aromatic rings. The number of rotatable bonds is 4. The van der Waals surface area contributed by atoms with E-state index in [2.05, 4.69) is 10.3 Å². The van der Waals surface area contributed by atoms with Crippen molar-refractivity contribution < 1.29 is 22.6 Å². The predicted octanol–water partition coefficient (Wildman–Crippen LogP) is 2.71. The number of piperazine rings is 1. The summed E-state index contributed by atoms with van der Waals surface area (Å²) in [6, 6.07) is 2.53. The van der Waals surface area contributed by atoms with Crippen molar-refractivity contribution in [3.63, 3.8) is 0 Å². The van der Waals surface area contributed by atoms with Crippen LogP contribution in [0.4, 0.5) is 24.5 Å². The zero-order valence-corrected chi connectivity index (χ0v) is 17.2. The van der Waals surface area contributed by atoms with Gasteiger partial charge >= 0.3 is 6.18 Å². The molecule has 1 aliphatic heterocycles. The molecule has 170 valence electrons. The average Bonchev–Trinajstić information content (AvgIpc) is 3.13. The van der Waals surface area contributed by atoms with Crippen LogP contribution in [0, 0.1) is 24.0 Å². The van der Waals surface area contributed by atoms with E-state index in [4.69, 9.17) is 4.52 Å². The maximum absolute atomic E-state index is 12.9. The standard InChI is InChI=1S/C19H19F3N6O4/c1-11-16-12(2)32-24-17(16)18(29)27(23-11)10-25-5-7-26(8-6-25)14-4-3-13(19(20,21)22)9-15(14)28(30)31/h3-4,9H,5-8,10H2,1-2H3. The van der Waals surface area contributed by atoms with Crippen LogP contribution in [-0.4, -0.2) is 50.9 Å². The van der Waals surface area contributed by atoms with Crippen molar-refractivity contribution >= 4 is 22.3 Å². The van der Waals surface area contributed by atoms with Crippen LogP contribution in [0.25, 0.3) is 10.9 Å². The second kappa shape index (κ2) is 7.89. The van der Waals surface area contributed by atoms with E-state index < -0.39 is 22.4 Å². The van der Waals surface area contributed by atoms with Gasteiger partial charge in [0.2, 0.25) is 0 Å². The summed E-state index contributed by atoms with van der Waals surface area (Å²) in [5.41, 5.74) is -1.09. The number of hydrogen-bond acceptors (Lipinski definition) is 8. The first-order chi connectivity index (χ1) is 15.1. The minimum atomic E-state index is -4.66. The molecule has 0 atom stereocenters. The highest BCUT2D eigenvalue weighted by molar-refractivity contribution is 5.81. The number of nitro benzene ring substituents is 1. The van der Waals surface area contributed by atoms with Crippen molar-refractivity contribution in [2.24, 2.45) is 0 Å². The number of halogens is 3. The molecule has 0 bridgehead atoms. The fourth-order valence-electron chi connectivity index (χ4n) is 3.87. The second-order valence-corrected chi connectivity index (χ2v) is 7.56. The smallest absolute Gasteiger partial charge is 0.363 e. The molecule has 1 fully saturated rings. The number of hydrogen-bond donors (Lipinski definition) is 0. The van der Waals surface area contributed by atoms with Crippen molar-refractivity contribution in [3.8, 4) is 0 Å². The molecule has 3 heterocycles. The first kappa shape index (κ1) is 21.7. The number of nitrogens with zero attached hydrogens (tertiary/aromatic N) is 6. The van der Waals surface area contributed by atoms with Crippen molar-refractivity contribution in [2.45, 2.75) is 26.7 Å². The van der Waals surface area contributed by atoms with Crippen LogP contribution in [0.15, 0.2) is 27.5 Å². The molecular weight excluding hydrogens is 433 g/mol. The van der Waals surface area contributed by atoms with Crippen molar-refractivity contribution in [1.29, 1.82) is 0 Å². The zero-order chi connectivity index (χ0) is 23.2. The van der Waals surface area contributed by atoms with Gasteiger partial charge in [-0.3, -0.25) is 19.8 Å². The van der Waals surface area contributed by atoms with Crippen LogP contribution >= 0.6 is 0 Å². The van der Waals surface area contributed by atoms with Crippen molar-refractivity contribution in [3.05, 3.63) is 55.7 Å². The summed E-state index contributed by atoms with van der Waals surface area (Å²) < 4.78 is 45.2. The third-order valence-electron chi connectivity index (χ3n) is 5.48. The van der Waals surface area contributed by atoms with Gasteiger partial charge in [-0.05, 0) is 26.0 Å². The summed E-state index contributed by atoms with van der Waals surface area (Å²) in [5.74, 6) is 0.515. The Balaban J connectivity index is 1.51. The van der Waals surface area contributed by atoms with Gasteiger partial charge in [0.1, 0.15) is 11.4 Å². The molecule has 2 aromatic heterocycles. The van der Waals surface area contributed by atoms with E-state index in [0.29, 0.717) is 49.1 Å². The van der Waals surface area contributed by atoms with E-state index >= 15 is 0 Å². The minimum Gasteiger partial charge on any atom is -0.363 e. The molecule has 0 aliphatic carbocycles. The lowest BCUT2D eigenvalue weighted by molar-refractivity contribution is -0.384. The van der Waals surface area contributed by atoms with E-state index in [0.717, 1.165) is 12.1 Å². The Kier molecular flexibility index (Phi) is 5.36. The largest absolute Gasteiger partial charge is 0.416 e. The van der Waals surface area contributed by atoms with Crippen LogP contribution in [0.5, 0.6) is 0 Å². The van der Waals surface area contributed by atoms with Crippen molar-refractivity contribution in [1.82, 2.24) is 19.8 Å². The maximum atomic E-state index is 12.9. The number of aryl methyl sites for hydroxylation is 2. The number of fused-ring (bicyclic) bond motifs is 1. The summed E-state index contributed by atoms with van der Waals surface area (Å²) in [5, 5.41) is 20.1. The van der Waals surface area contributed by atoms with Crippen LogP contribution < -0.4 is 10.5 Å². The fraction of sp³-hybridized carbons (Fsp3) is 0.421. The number of benzene rings is 1. The monoisotopic (exact) mass is 452 g/mol. The van der Waals surface area contributed by atoms with E-state index in [-0.39, 0.29) is 23.4 Å². The van der Waals surface area contributed by atoms with Gasteiger partial charge in [0.05, 0.1) is 28.2 Å². The molecule has 0 radical (unpaired) electrons. The molecule has 1 aromatic carbocycles. The molecule has 13 heteroatoms. The maximum Gasteiger partial charge on any atom is 0.416 e. The normalized spacial score (nSPS) is 15.5. The van der Waals surface area contributed by atoms with Gasteiger partial charge in [-0.15, -0.1) is 0 Å². The van der Waals surface area contributed by atoms with E-state index in [1.807, 2.05) is 4.90 Å². The molecular formula is C19H19F3N6O4. The number of nitro groups is 1. The Labute approximate surface area is 178 Å². The van der Waals surface area contributed by atoms with Crippen LogP contribution in [0.2, 0.25) is 0 Å². The van der Waals surface area contributed by atoms with Crippen molar-refractivity contribution in [2.75, 3.05) is 31.1 Å². The predicted molar refractivity (Wildman–Crippen MR) is 107 cm³/mol. The Morgan fingerprint density at radius 2 is 1.88 bits per heavy atom. The van der Waals surface area contributed by atoms with E-state index in [1.165, 1.54) is 4.68 Å². The molecule has 0 spiro atoms. The Hall–Kier alpha value is -3.48. The minimum absolute atomic E-state index is 0.133. The fourth-order valence-corrected chi connectivity index (χ4v) is 3.87.